The Hall–Kier alpha value is -2.90. The largest absolute Gasteiger partial charge is 0.416 e. The van der Waals surface area contributed by atoms with Crippen LogP contribution >= 0.6 is 0 Å². The van der Waals surface area contributed by atoms with Crippen LogP contribution in [0.1, 0.15) is 11.1 Å². The second-order valence-corrected chi connectivity index (χ2v) is 4.86. The van der Waals surface area contributed by atoms with Gasteiger partial charge in [-0.15, -0.1) is 0 Å². The molecule has 3 N–H and O–H groups in total. The van der Waals surface area contributed by atoms with Gasteiger partial charge in [-0.25, -0.2) is 15.0 Å². The molecule has 5 nitrogen and oxygen atoms in total. The number of nitrogens with zero attached hydrogens (tertiary/aromatic N) is 3. The molecule has 1 aromatic carbocycles. The predicted molar refractivity (Wildman–Crippen MR) is 80.5 cm³/mol. The van der Waals surface area contributed by atoms with Gasteiger partial charge in [-0.2, -0.15) is 13.2 Å². The normalized spacial score (nSPS) is 11.6. The van der Waals surface area contributed by atoms with E-state index in [1.54, 1.807) is 12.1 Å². The van der Waals surface area contributed by atoms with Crippen LogP contribution in [0.5, 0.6) is 0 Å². The van der Waals surface area contributed by atoms with E-state index in [0.29, 0.717) is 22.5 Å². The standard InChI is InChI=1S/C15H12F3N5/c16-15(17,18)11-4-2-1-3-9(11)6-21-14-10-7-20-13(19)5-12(10)22-8-23-14/h1-5,7-8H,6H2,(H2,19,20)(H,21,22,23). The van der Waals surface area contributed by atoms with E-state index in [0.717, 1.165) is 6.07 Å². The molecular formula is C15H12F3N5. The van der Waals surface area contributed by atoms with Crippen molar-refractivity contribution < 1.29 is 13.2 Å². The number of fused-ring (bicyclic) bond motifs is 1. The molecule has 0 radical (unpaired) electrons. The molecular weight excluding hydrogens is 307 g/mol. The fourth-order valence-electron chi connectivity index (χ4n) is 2.24. The Morgan fingerprint density at radius 3 is 2.65 bits per heavy atom. The van der Waals surface area contributed by atoms with E-state index in [1.807, 2.05) is 0 Å². The summed E-state index contributed by atoms with van der Waals surface area (Å²) in [6.07, 6.45) is -1.59. The number of pyridine rings is 1. The maximum atomic E-state index is 13.0. The number of halogens is 3. The Kier molecular flexibility index (Phi) is 3.73. The minimum atomic E-state index is -4.40. The van der Waals surface area contributed by atoms with Gasteiger partial charge in [0.05, 0.1) is 16.5 Å². The van der Waals surface area contributed by atoms with Crippen LogP contribution in [0.2, 0.25) is 0 Å². The van der Waals surface area contributed by atoms with Crippen LogP contribution in [0.15, 0.2) is 42.9 Å². The van der Waals surface area contributed by atoms with E-state index in [9.17, 15) is 13.2 Å². The molecule has 0 saturated heterocycles. The molecule has 0 aliphatic rings. The maximum absolute atomic E-state index is 13.0. The highest BCUT2D eigenvalue weighted by Crippen LogP contribution is 2.32. The number of rotatable bonds is 3. The molecule has 0 fully saturated rings. The molecule has 3 aromatic rings. The minimum absolute atomic E-state index is 0.0217. The molecule has 0 unspecified atom stereocenters. The number of hydrogen-bond donors (Lipinski definition) is 2. The van der Waals surface area contributed by atoms with Crippen LogP contribution in [0, 0.1) is 0 Å². The first-order chi connectivity index (χ1) is 10.9. The van der Waals surface area contributed by atoms with Crippen LogP contribution < -0.4 is 11.1 Å². The number of nitrogen functional groups attached to an aromatic ring is 1. The predicted octanol–water partition coefficient (Wildman–Crippen LogP) is 3.24. The molecule has 0 aliphatic carbocycles. The van der Waals surface area contributed by atoms with Crippen molar-refractivity contribution in [2.45, 2.75) is 12.7 Å². The van der Waals surface area contributed by atoms with Crippen LogP contribution in [-0.2, 0) is 12.7 Å². The lowest BCUT2D eigenvalue weighted by molar-refractivity contribution is -0.138. The number of benzene rings is 1. The Balaban J connectivity index is 1.90. The first-order valence-electron chi connectivity index (χ1n) is 6.70. The van der Waals surface area contributed by atoms with Gasteiger partial charge in [0.2, 0.25) is 0 Å². The average Bonchev–Trinajstić information content (AvgIpc) is 2.52. The minimum Gasteiger partial charge on any atom is -0.384 e. The Labute approximate surface area is 129 Å². The zero-order valence-electron chi connectivity index (χ0n) is 11.8. The molecule has 2 heterocycles. The number of alkyl halides is 3. The molecule has 23 heavy (non-hydrogen) atoms. The van der Waals surface area contributed by atoms with Gasteiger partial charge in [-0.05, 0) is 11.6 Å². The molecule has 2 aromatic heterocycles. The summed E-state index contributed by atoms with van der Waals surface area (Å²) in [6, 6.07) is 6.98. The third-order valence-electron chi connectivity index (χ3n) is 3.31. The van der Waals surface area contributed by atoms with Crippen molar-refractivity contribution in [1.82, 2.24) is 15.0 Å². The van der Waals surface area contributed by atoms with Gasteiger partial charge >= 0.3 is 6.18 Å². The summed E-state index contributed by atoms with van der Waals surface area (Å²) in [6.45, 7) is -0.0217. The molecule has 0 spiro atoms. The molecule has 0 amide bonds. The highest BCUT2D eigenvalue weighted by Gasteiger charge is 2.32. The van der Waals surface area contributed by atoms with Crippen LogP contribution in [0.4, 0.5) is 24.8 Å². The SMILES string of the molecule is Nc1cc2ncnc(NCc3ccccc3C(F)(F)F)c2cn1. The van der Waals surface area contributed by atoms with Gasteiger partial charge in [0.15, 0.2) is 0 Å². The van der Waals surface area contributed by atoms with Gasteiger partial charge in [-0.3, -0.25) is 0 Å². The van der Waals surface area contributed by atoms with Gasteiger partial charge in [-0.1, -0.05) is 18.2 Å². The lowest BCUT2D eigenvalue weighted by atomic mass is 10.1. The lowest BCUT2D eigenvalue weighted by Crippen LogP contribution is -2.12. The Morgan fingerprint density at radius 2 is 1.87 bits per heavy atom. The molecule has 8 heteroatoms. The Morgan fingerprint density at radius 1 is 1.09 bits per heavy atom. The van der Waals surface area contributed by atoms with E-state index >= 15 is 0 Å². The molecule has 0 saturated carbocycles. The summed E-state index contributed by atoms with van der Waals surface area (Å²) < 4.78 is 39.0. The molecule has 0 bridgehead atoms. The Bertz CT molecular complexity index is 848. The fourth-order valence-corrected chi connectivity index (χ4v) is 2.24. The van der Waals surface area contributed by atoms with Crippen molar-refractivity contribution in [3.05, 3.63) is 54.0 Å². The van der Waals surface area contributed by atoms with Crippen molar-refractivity contribution in [2.75, 3.05) is 11.1 Å². The van der Waals surface area contributed by atoms with Crippen molar-refractivity contribution in [3.8, 4) is 0 Å². The summed E-state index contributed by atoms with van der Waals surface area (Å²) in [5, 5.41) is 3.49. The van der Waals surface area contributed by atoms with E-state index in [1.165, 1.54) is 24.7 Å². The zero-order chi connectivity index (χ0) is 16.4. The number of hydrogen-bond acceptors (Lipinski definition) is 5. The molecule has 118 valence electrons. The van der Waals surface area contributed by atoms with Crippen molar-refractivity contribution >= 4 is 22.5 Å². The second-order valence-electron chi connectivity index (χ2n) is 4.86. The van der Waals surface area contributed by atoms with Gasteiger partial charge < -0.3 is 11.1 Å². The second kappa shape index (κ2) is 5.71. The molecule has 0 atom stereocenters. The number of anilines is 2. The van der Waals surface area contributed by atoms with Crippen molar-refractivity contribution in [3.63, 3.8) is 0 Å². The summed E-state index contributed by atoms with van der Waals surface area (Å²) in [5.74, 6) is 0.712. The smallest absolute Gasteiger partial charge is 0.384 e. The number of aromatic nitrogens is 3. The average molecular weight is 319 g/mol. The summed E-state index contributed by atoms with van der Waals surface area (Å²) >= 11 is 0. The fraction of sp³-hybridized carbons (Fsp3) is 0.133. The topological polar surface area (TPSA) is 76.7 Å². The first kappa shape index (κ1) is 15.0. The van der Waals surface area contributed by atoms with Gasteiger partial charge in [0.1, 0.15) is 18.0 Å². The first-order valence-corrected chi connectivity index (χ1v) is 6.70. The quantitative estimate of drug-likeness (QED) is 0.775. The van der Waals surface area contributed by atoms with Crippen molar-refractivity contribution in [2.24, 2.45) is 0 Å². The van der Waals surface area contributed by atoms with Crippen LogP contribution in [0.3, 0.4) is 0 Å². The number of nitrogens with one attached hydrogen (secondary N) is 1. The van der Waals surface area contributed by atoms with Gasteiger partial charge in [0, 0.05) is 18.8 Å². The van der Waals surface area contributed by atoms with Crippen LogP contribution in [0.25, 0.3) is 10.9 Å². The summed E-state index contributed by atoms with van der Waals surface area (Å²) in [7, 11) is 0. The van der Waals surface area contributed by atoms with E-state index < -0.39 is 11.7 Å². The summed E-state index contributed by atoms with van der Waals surface area (Å²) in [4.78, 5) is 12.1. The number of nitrogens with two attached hydrogens (primary N) is 1. The zero-order valence-corrected chi connectivity index (χ0v) is 11.8. The van der Waals surface area contributed by atoms with E-state index in [-0.39, 0.29) is 12.1 Å². The van der Waals surface area contributed by atoms with Crippen molar-refractivity contribution in [1.29, 1.82) is 0 Å². The monoisotopic (exact) mass is 319 g/mol. The highest BCUT2D eigenvalue weighted by atomic mass is 19.4. The van der Waals surface area contributed by atoms with Gasteiger partial charge in [0.25, 0.3) is 0 Å². The van der Waals surface area contributed by atoms with Crippen LogP contribution in [-0.4, -0.2) is 15.0 Å². The van der Waals surface area contributed by atoms with E-state index in [2.05, 4.69) is 20.3 Å². The third-order valence-corrected chi connectivity index (χ3v) is 3.31. The third kappa shape index (κ3) is 3.15. The van der Waals surface area contributed by atoms with E-state index in [4.69, 9.17) is 5.73 Å². The lowest BCUT2D eigenvalue weighted by Gasteiger charge is -2.14. The highest BCUT2D eigenvalue weighted by molar-refractivity contribution is 5.89. The molecule has 3 rings (SSSR count). The maximum Gasteiger partial charge on any atom is 0.416 e. The molecule has 0 aliphatic heterocycles. The summed E-state index contributed by atoms with van der Waals surface area (Å²) in [5.41, 5.74) is 5.62.